The molecule has 0 radical (unpaired) electrons. The number of nitro benzene ring substituents is 1. The van der Waals surface area contributed by atoms with Crippen molar-refractivity contribution in [3.63, 3.8) is 0 Å². The Hall–Kier alpha value is -3.70. The van der Waals surface area contributed by atoms with Gasteiger partial charge in [0.15, 0.2) is 5.54 Å². The van der Waals surface area contributed by atoms with E-state index < -0.39 is 30.0 Å². The third kappa shape index (κ3) is 3.96. The van der Waals surface area contributed by atoms with Crippen LogP contribution in [0.2, 0.25) is 19.6 Å². The second-order valence-corrected chi connectivity index (χ2v) is 14.6. The second kappa shape index (κ2) is 8.50. The molecule has 4 rings (SSSR count). The molecule has 3 aromatic carbocycles. The van der Waals surface area contributed by atoms with Crippen LogP contribution in [0.5, 0.6) is 5.75 Å². The van der Waals surface area contributed by atoms with Crippen LogP contribution in [0.3, 0.4) is 0 Å². The molecule has 3 aromatic rings. The Morgan fingerprint density at radius 1 is 1.11 bits per heavy atom. The number of anilines is 1. The molecule has 1 aliphatic heterocycles. The number of likely N-dealkylation sites (N-methyl/N-ethyl adjacent to an activating group) is 1. The zero-order chi connectivity index (χ0) is 25.6. The SMILES string of the molecule is CN1c2ccc(F)cc2C(C)(Cc2cc([N+](=O)[O-])ccc2O[Si](C)(C)C)C1(C#N)c1ccccc1. The van der Waals surface area contributed by atoms with Crippen molar-refractivity contribution in [2.75, 3.05) is 11.9 Å². The lowest BCUT2D eigenvalue weighted by molar-refractivity contribution is -0.384. The van der Waals surface area contributed by atoms with Gasteiger partial charge in [0.1, 0.15) is 11.6 Å². The molecule has 0 aliphatic carbocycles. The highest BCUT2D eigenvalue weighted by Gasteiger charge is 2.60. The molecule has 180 valence electrons. The molecule has 2 atom stereocenters. The van der Waals surface area contributed by atoms with E-state index in [2.05, 4.69) is 6.07 Å². The maximum atomic E-state index is 14.6. The number of nitrogens with zero attached hydrogens (tertiary/aromatic N) is 3. The minimum Gasteiger partial charge on any atom is -0.544 e. The Morgan fingerprint density at radius 3 is 2.40 bits per heavy atom. The molecule has 0 fully saturated rings. The monoisotopic (exact) mass is 489 g/mol. The maximum Gasteiger partial charge on any atom is 0.269 e. The summed E-state index contributed by atoms with van der Waals surface area (Å²) in [5.41, 5.74) is 0.605. The number of hydrogen-bond acceptors (Lipinski definition) is 5. The van der Waals surface area contributed by atoms with E-state index in [-0.39, 0.29) is 12.1 Å². The minimum absolute atomic E-state index is 0.0559. The zero-order valence-corrected chi connectivity index (χ0v) is 21.5. The molecule has 0 saturated heterocycles. The molecule has 0 spiro atoms. The number of rotatable bonds is 6. The number of hydrogen-bond donors (Lipinski definition) is 0. The molecule has 0 saturated carbocycles. The summed E-state index contributed by atoms with van der Waals surface area (Å²) >= 11 is 0. The number of nitro groups is 1. The average molecular weight is 490 g/mol. The van der Waals surface area contributed by atoms with Crippen molar-refractivity contribution in [3.8, 4) is 11.8 Å². The van der Waals surface area contributed by atoms with E-state index in [9.17, 15) is 19.8 Å². The summed E-state index contributed by atoms with van der Waals surface area (Å²) in [6.07, 6.45) is 0.234. The van der Waals surface area contributed by atoms with Crippen molar-refractivity contribution >= 4 is 19.7 Å². The van der Waals surface area contributed by atoms with Crippen LogP contribution in [0.4, 0.5) is 15.8 Å². The summed E-state index contributed by atoms with van der Waals surface area (Å²) in [4.78, 5) is 13.1. The van der Waals surface area contributed by atoms with Crippen LogP contribution in [-0.4, -0.2) is 20.3 Å². The van der Waals surface area contributed by atoms with E-state index in [4.69, 9.17) is 4.43 Å². The molecule has 0 amide bonds. The fourth-order valence-corrected chi connectivity index (χ4v) is 6.15. The van der Waals surface area contributed by atoms with Gasteiger partial charge in [0.25, 0.3) is 5.69 Å². The Morgan fingerprint density at radius 2 is 1.80 bits per heavy atom. The summed E-state index contributed by atoms with van der Waals surface area (Å²) in [5, 5.41) is 22.4. The Balaban J connectivity index is 2.00. The van der Waals surface area contributed by atoms with Crippen LogP contribution in [0.25, 0.3) is 0 Å². The molecule has 0 bridgehead atoms. The van der Waals surface area contributed by atoms with Crippen LogP contribution in [0.15, 0.2) is 66.7 Å². The first-order valence-electron chi connectivity index (χ1n) is 11.4. The number of halogens is 1. The predicted octanol–water partition coefficient (Wildman–Crippen LogP) is 6.32. The van der Waals surface area contributed by atoms with Gasteiger partial charge in [-0.2, -0.15) is 5.26 Å². The highest BCUT2D eigenvalue weighted by molar-refractivity contribution is 6.70. The largest absolute Gasteiger partial charge is 0.544 e. The first-order chi connectivity index (χ1) is 16.4. The topological polar surface area (TPSA) is 79.4 Å². The van der Waals surface area contributed by atoms with Crippen LogP contribution >= 0.6 is 0 Å². The van der Waals surface area contributed by atoms with Gasteiger partial charge in [0.2, 0.25) is 8.32 Å². The van der Waals surface area contributed by atoms with Gasteiger partial charge < -0.3 is 9.33 Å². The van der Waals surface area contributed by atoms with Crippen molar-refractivity contribution in [2.45, 2.75) is 43.9 Å². The Labute approximate surface area is 205 Å². The van der Waals surface area contributed by atoms with Crippen LogP contribution in [-0.2, 0) is 17.4 Å². The number of benzene rings is 3. The summed E-state index contributed by atoms with van der Waals surface area (Å²) in [6.45, 7) is 8.05. The zero-order valence-electron chi connectivity index (χ0n) is 20.5. The fourth-order valence-electron chi connectivity index (χ4n) is 5.29. The van der Waals surface area contributed by atoms with Gasteiger partial charge >= 0.3 is 0 Å². The minimum atomic E-state index is -2.06. The lowest BCUT2D eigenvalue weighted by Crippen LogP contribution is -2.53. The van der Waals surface area contributed by atoms with Gasteiger partial charge in [-0.3, -0.25) is 10.1 Å². The molecule has 35 heavy (non-hydrogen) atoms. The first kappa shape index (κ1) is 24.4. The highest BCUT2D eigenvalue weighted by atomic mass is 28.4. The molecule has 0 N–H and O–H groups in total. The van der Waals surface area contributed by atoms with E-state index in [1.54, 1.807) is 12.1 Å². The van der Waals surface area contributed by atoms with Crippen LogP contribution in [0, 0.1) is 27.3 Å². The fraction of sp³-hybridized carbons (Fsp3) is 0.296. The van der Waals surface area contributed by atoms with E-state index in [0.717, 1.165) is 11.3 Å². The quantitative estimate of drug-likeness (QED) is 0.230. The van der Waals surface area contributed by atoms with Crippen molar-refractivity contribution in [1.82, 2.24) is 0 Å². The third-order valence-electron chi connectivity index (χ3n) is 6.78. The van der Waals surface area contributed by atoms with Crippen molar-refractivity contribution in [2.24, 2.45) is 0 Å². The predicted molar refractivity (Wildman–Crippen MR) is 137 cm³/mol. The normalized spacial score (nSPS) is 21.3. The smallest absolute Gasteiger partial charge is 0.269 e. The van der Waals surface area contributed by atoms with Gasteiger partial charge in [-0.25, -0.2) is 4.39 Å². The average Bonchev–Trinajstić information content (AvgIpc) is 2.98. The molecule has 6 nitrogen and oxygen atoms in total. The molecule has 1 aliphatic rings. The maximum absolute atomic E-state index is 14.6. The second-order valence-electron chi connectivity index (χ2n) is 10.2. The molecular weight excluding hydrogens is 461 g/mol. The molecule has 0 aromatic heterocycles. The van der Waals surface area contributed by atoms with Gasteiger partial charge in [0.05, 0.1) is 11.0 Å². The molecular formula is C27H28FN3O3Si. The van der Waals surface area contributed by atoms with Gasteiger partial charge in [-0.05, 0) is 61.5 Å². The summed E-state index contributed by atoms with van der Waals surface area (Å²) in [7, 11) is -0.223. The van der Waals surface area contributed by atoms with Gasteiger partial charge in [-0.1, -0.05) is 37.3 Å². The van der Waals surface area contributed by atoms with Gasteiger partial charge in [-0.15, -0.1) is 0 Å². The third-order valence-corrected chi connectivity index (χ3v) is 7.62. The standard InChI is InChI=1S/C27H28FN3O3Si/c1-26(17-19-15-22(31(32)33)12-14-25(19)34-35(3,4)5)23-16-21(28)11-13-24(23)30(2)27(26,18-29)20-9-7-6-8-10-20/h6-16H,17H2,1-5H3. The first-order valence-corrected chi connectivity index (χ1v) is 14.8. The molecule has 2 unspecified atom stereocenters. The van der Waals surface area contributed by atoms with Crippen molar-refractivity contribution in [3.05, 3.63) is 99.4 Å². The number of nitriles is 1. The summed E-state index contributed by atoms with van der Waals surface area (Å²) < 4.78 is 20.9. The highest BCUT2D eigenvalue weighted by Crippen LogP contribution is 2.58. The number of non-ortho nitro benzene ring substituents is 1. The van der Waals surface area contributed by atoms with E-state index in [1.807, 2.05) is 68.8 Å². The van der Waals surface area contributed by atoms with E-state index in [0.29, 0.717) is 16.9 Å². The lowest BCUT2D eigenvalue weighted by Gasteiger charge is -2.43. The van der Waals surface area contributed by atoms with E-state index >= 15 is 0 Å². The van der Waals surface area contributed by atoms with E-state index in [1.165, 1.54) is 24.3 Å². The Kier molecular flexibility index (Phi) is 5.93. The summed E-state index contributed by atoms with van der Waals surface area (Å²) in [6, 6.07) is 21.1. The Bertz CT molecular complexity index is 1340. The number of fused-ring (bicyclic) bond motifs is 1. The van der Waals surface area contributed by atoms with Crippen molar-refractivity contribution < 1.29 is 13.7 Å². The molecule has 1 heterocycles. The van der Waals surface area contributed by atoms with Crippen LogP contribution < -0.4 is 9.33 Å². The van der Waals surface area contributed by atoms with Gasteiger partial charge in [0, 0.05) is 35.8 Å². The lowest BCUT2D eigenvalue weighted by atomic mass is 9.63. The van der Waals surface area contributed by atoms with Crippen molar-refractivity contribution in [1.29, 1.82) is 5.26 Å². The summed E-state index contributed by atoms with van der Waals surface area (Å²) in [5.74, 6) is 0.159. The van der Waals surface area contributed by atoms with Crippen LogP contribution in [0.1, 0.15) is 23.6 Å². The molecule has 8 heteroatoms.